The summed E-state index contributed by atoms with van der Waals surface area (Å²) in [4.78, 5) is 26.7. The smallest absolute Gasteiger partial charge is 0.328 e. The number of carbonyl (C=O) groups is 2. The molecule has 0 aromatic rings. The van der Waals surface area contributed by atoms with Crippen LogP contribution in [0, 0.1) is 5.92 Å². The van der Waals surface area contributed by atoms with Gasteiger partial charge in [0.05, 0.1) is 5.71 Å². The molecule has 1 rings (SSSR count). The molecule has 1 atom stereocenters. The molecule has 1 saturated carbocycles. The molecule has 0 radical (unpaired) electrons. The van der Waals surface area contributed by atoms with Crippen LogP contribution in [0.1, 0.15) is 51.9 Å². The molecule has 1 fully saturated rings. The molecule has 1 unspecified atom stereocenters. The fraction of sp³-hybridized carbons (Fsp3) is 0.722. The Kier molecular flexibility index (Phi) is 13.4. The lowest BCUT2D eigenvalue weighted by Gasteiger charge is -2.23. The maximum Gasteiger partial charge on any atom is 0.328 e. The number of carboxylic acids is 2. The Bertz CT molecular complexity index is 431. The van der Waals surface area contributed by atoms with E-state index in [2.05, 4.69) is 31.1 Å². The van der Waals surface area contributed by atoms with E-state index >= 15 is 0 Å². The number of hydrogen-bond acceptors (Lipinski definition) is 5. The van der Waals surface area contributed by atoms with E-state index in [9.17, 15) is 9.59 Å². The molecule has 25 heavy (non-hydrogen) atoms. The summed E-state index contributed by atoms with van der Waals surface area (Å²) >= 11 is 0. The van der Waals surface area contributed by atoms with Crippen LogP contribution < -0.4 is 0 Å². The molecule has 0 bridgehead atoms. The molecular formula is C18H32N2O5. The first-order valence-electron chi connectivity index (χ1n) is 8.84. The van der Waals surface area contributed by atoms with Gasteiger partial charge in [-0.15, -0.1) is 0 Å². The van der Waals surface area contributed by atoms with Crippen LogP contribution in [-0.2, 0) is 14.4 Å². The molecule has 1 aliphatic rings. The van der Waals surface area contributed by atoms with Crippen LogP contribution in [0.2, 0.25) is 0 Å². The highest BCUT2D eigenvalue weighted by molar-refractivity contribution is 5.89. The van der Waals surface area contributed by atoms with Gasteiger partial charge in [0, 0.05) is 24.6 Å². The average molecular weight is 356 g/mol. The zero-order valence-electron chi connectivity index (χ0n) is 15.6. The van der Waals surface area contributed by atoms with E-state index in [-0.39, 0.29) is 0 Å². The lowest BCUT2D eigenvalue weighted by Crippen LogP contribution is -2.21. The quantitative estimate of drug-likeness (QED) is 0.374. The molecule has 0 spiro atoms. The highest BCUT2D eigenvalue weighted by atomic mass is 16.6. The van der Waals surface area contributed by atoms with Gasteiger partial charge >= 0.3 is 11.9 Å². The summed E-state index contributed by atoms with van der Waals surface area (Å²) in [5, 5.41) is 20.0. The molecule has 144 valence electrons. The summed E-state index contributed by atoms with van der Waals surface area (Å²) in [6, 6.07) is 0. The van der Waals surface area contributed by atoms with Crippen LogP contribution in [-0.4, -0.2) is 60.0 Å². The van der Waals surface area contributed by atoms with E-state index in [1.54, 1.807) is 0 Å². The third-order valence-electron chi connectivity index (χ3n) is 3.79. The van der Waals surface area contributed by atoms with Gasteiger partial charge in [0.15, 0.2) is 0 Å². The van der Waals surface area contributed by atoms with Crippen LogP contribution in [0.5, 0.6) is 0 Å². The topological polar surface area (TPSA) is 99.4 Å². The number of unbranched alkanes of at least 4 members (excludes halogenated alkanes) is 1. The summed E-state index contributed by atoms with van der Waals surface area (Å²) in [6.07, 6.45) is 10.1. The average Bonchev–Trinajstić information content (AvgIpc) is 2.56. The molecule has 0 aromatic heterocycles. The van der Waals surface area contributed by atoms with Crippen molar-refractivity contribution in [2.24, 2.45) is 11.1 Å². The van der Waals surface area contributed by atoms with E-state index in [1.807, 2.05) is 0 Å². The van der Waals surface area contributed by atoms with E-state index in [0.717, 1.165) is 13.0 Å². The van der Waals surface area contributed by atoms with Crippen molar-refractivity contribution in [1.82, 2.24) is 4.90 Å². The van der Waals surface area contributed by atoms with Crippen molar-refractivity contribution in [3.05, 3.63) is 12.2 Å². The number of oxime groups is 1. The minimum atomic E-state index is -1.26. The normalized spacial score (nSPS) is 18.9. The second-order valence-electron chi connectivity index (χ2n) is 6.31. The number of carboxylic acid groups (broad SMARTS) is 2. The highest BCUT2D eigenvalue weighted by Crippen LogP contribution is 2.26. The number of hydrogen-bond donors (Lipinski definition) is 2. The van der Waals surface area contributed by atoms with Crippen LogP contribution in [0.3, 0.4) is 0 Å². The molecular weight excluding hydrogens is 324 g/mol. The maximum absolute atomic E-state index is 9.55. The standard InChI is InChI=1S/C14H28N2O.C4H4O4/c1-4-5-8-13-9-6-7-10-14(13)15-17-12-11-16(2)3;5-3(6)1-2-4(7)8/h13H,4-12H2,1-3H3;1-2H,(H,5,6)(H,7,8)/b15-14+;2-1+. The second kappa shape index (κ2) is 14.5. The fourth-order valence-electron chi connectivity index (χ4n) is 2.44. The van der Waals surface area contributed by atoms with Gasteiger partial charge in [-0.05, 0) is 39.8 Å². The lowest BCUT2D eigenvalue weighted by atomic mass is 9.84. The van der Waals surface area contributed by atoms with Crippen LogP contribution in [0.25, 0.3) is 0 Å². The minimum Gasteiger partial charge on any atom is -0.478 e. The third kappa shape index (κ3) is 14.2. The van der Waals surface area contributed by atoms with Gasteiger partial charge in [-0.2, -0.15) is 0 Å². The Balaban J connectivity index is 0.000000609. The van der Waals surface area contributed by atoms with Crippen LogP contribution in [0.4, 0.5) is 0 Å². The molecule has 0 saturated heterocycles. The van der Waals surface area contributed by atoms with Crippen LogP contribution >= 0.6 is 0 Å². The van der Waals surface area contributed by atoms with Gasteiger partial charge in [0.25, 0.3) is 0 Å². The number of rotatable bonds is 9. The van der Waals surface area contributed by atoms with Crippen molar-refractivity contribution in [2.45, 2.75) is 51.9 Å². The van der Waals surface area contributed by atoms with Crippen molar-refractivity contribution >= 4 is 17.7 Å². The minimum absolute atomic E-state index is 0.558. The fourth-order valence-corrected chi connectivity index (χ4v) is 2.44. The van der Waals surface area contributed by atoms with E-state index in [4.69, 9.17) is 15.1 Å². The largest absolute Gasteiger partial charge is 0.478 e. The van der Waals surface area contributed by atoms with Gasteiger partial charge in [-0.1, -0.05) is 31.3 Å². The number of likely N-dealkylation sites (N-methyl/N-ethyl adjacent to an activating group) is 1. The third-order valence-corrected chi connectivity index (χ3v) is 3.79. The van der Waals surface area contributed by atoms with Gasteiger partial charge in [-0.25, -0.2) is 9.59 Å². The first kappa shape index (κ1) is 23.1. The number of nitrogens with zero attached hydrogens (tertiary/aromatic N) is 2. The highest BCUT2D eigenvalue weighted by Gasteiger charge is 2.20. The van der Waals surface area contributed by atoms with Gasteiger partial charge in [0.2, 0.25) is 0 Å². The molecule has 0 amide bonds. The van der Waals surface area contributed by atoms with Gasteiger partial charge in [0.1, 0.15) is 6.61 Å². The van der Waals surface area contributed by atoms with Crippen molar-refractivity contribution in [2.75, 3.05) is 27.2 Å². The summed E-state index contributed by atoms with van der Waals surface area (Å²) < 4.78 is 0. The van der Waals surface area contributed by atoms with Crippen molar-refractivity contribution in [3.8, 4) is 0 Å². The van der Waals surface area contributed by atoms with E-state index in [1.165, 1.54) is 44.2 Å². The first-order valence-corrected chi connectivity index (χ1v) is 8.84. The summed E-state index contributed by atoms with van der Waals surface area (Å²) in [7, 11) is 4.11. The predicted molar refractivity (Wildman–Crippen MR) is 97.8 cm³/mol. The van der Waals surface area contributed by atoms with Crippen molar-refractivity contribution in [3.63, 3.8) is 0 Å². The zero-order valence-corrected chi connectivity index (χ0v) is 15.6. The Morgan fingerprint density at radius 2 is 1.88 bits per heavy atom. The SMILES string of the molecule is CCCCC1CCCC/C1=N\OCCN(C)C.O=C(O)/C=C/C(=O)O. The molecule has 0 aliphatic heterocycles. The first-order chi connectivity index (χ1) is 11.9. The molecule has 7 nitrogen and oxygen atoms in total. The Morgan fingerprint density at radius 3 is 2.40 bits per heavy atom. The van der Waals surface area contributed by atoms with Crippen molar-refractivity contribution < 1.29 is 24.6 Å². The monoisotopic (exact) mass is 356 g/mol. The Morgan fingerprint density at radius 1 is 1.24 bits per heavy atom. The zero-order chi connectivity index (χ0) is 19.1. The number of aliphatic carboxylic acids is 2. The molecule has 1 aliphatic carbocycles. The lowest BCUT2D eigenvalue weighted by molar-refractivity contribution is -0.134. The summed E-state index contributed by atoms with van der Waals surface area (Å²) in [5.74, 6) is -1.82. The van der Waals surface area contributed by atoms with E-state index < -0.39 is 11.9 Å². The Labute approximate surface area is 150 Å². The molecule has 7 heteroatoms. The summed E-state index contributed by atoms with van der Waals surface area (Å²) in [6.45, 7) is 3.90. The van der Waals surface area contributed by atoms with Crippen LogP contribution in [0.15, 0.2) is 17.3 Å². The summed E-state index contributed by atoms with van der Waals surface area (Å²) in [5.41, 5.74) is 1.32. The molecule has 0 aromatic carbocycles. The van der Waals surface area contributed by atoms with Gasteiger partial charge in [-0.3, -0.25) is 0 Å². The second-order valence-corrected chi connectivity index (χ2v) is 6.31. The van der Waals surface area contributed by atoms with Crippen molar-refractivity contribution in [1.29, 1.82) is 0 Å². The maximum atomic E-state index is 9.55. The molecule has 2 N–H and O–H groups in total. The molecule has 0 heterocycles. The Hall–Kier alpha value is -1.89. The van der Waals surface area contributed by atoms with E-state index in [0.29, 0.717) is 24.7 Å². The van der Waals surface area contributed by atoms with Gasteiger partial charge < -0.3 is 20.0 Å². The predicted octanol–water partition coefficient (Wildman–Crippen LogP) is 3.01.